The second-order valence-corrected chi connectivity index (χ2v) is 5.65. The molecule has 0 aromatic heterocycles. The molecule has 1 aliphatic carbocycles. The van der Waals surface area contributed by atoms with Crippen LogP contribution in [0.2, 0.25) is 0 Å². The molecule has 2 heteroatoms. The normalized spacial score (nSPS) is 21.9. The summed E-state index contributed by atoms with van der Waals surface area (Å²) in [5.41, 5.74) is 0.804. The molecule has 0 aliphatic heterocycles. The van der Waals surface area contributed by atoms with E-state index in [2.05, 4.69) is 19.1 Å². The van der Waals surface area contributed by atoms with E-state index >= 15 is 0 Å². The molecule has 0 amide bonds. The van der Waals surface area contributed by atoms with Crippen LogP contribution in [0.15, 0.2) is 42.5 Å². The Morgan fingerprint density at radius 2 is 1.95 bits per heavy atom. The van der Waals surface area contributed by atoms with Crippen molar-refractivity contribution in [1.29, 1.82) is 0 Å². The molecule has 0 fully saturated rings. The number of carbonyl (C=O) groups is 1. The van der Waals surface area contributed by atoms with Gasteiger partial charge in [0.05, 0.1) is 0 Å². The number of allylic oxidation sites excluding steroid dienone is 2. The molecule has 20 heavy (non-hydrogen) atoms. The van der Waals surface area contributed by atoms with E-state index in [1.54, 1.807) is 0 Å². The van der Waals surface area contributed by atoms with Gasteiger partial charge in [-0.15, -0.1) is 0 Å². The Morgan fingerprint density at radius 1 is 1.20 bits per heavy atom. The second-order valence-electron chi connectivity index (χ2n) is 5.65. The maximum Gasteiger partial charge on any atom is 0.162 e. The fraction of sp³-hybridized carbons (Fsp3) is 0.500. The van der Waals surface area contributed by atoms with Gasteiger partial charge in [0, 0.05) is 25.2 Å². The number of hydrogen-bond acceptors (Lipinski definition) is 2. The molecule has 108 valence electrons. The fourth-order valence-electron chi connectivity index (χ4n) is 2.58. The summed E-state index contributed by atoms with van der Waals surface area (Å²) in [6, 6.07) is 9.49. The van der Waals surface area contributed by atoms with Crippen LogP contribution in [0.1, 0.15) is 43.0 Å². The number of hydrogen-bond donors (Lipinski definition) is 0. The van der Waals surface area contributed by atoms with E-state index < -0.39 is 0 Å². The first-order chi connectivity index (χ1) is 9.77. The van der Waals surface area contributed by atoms with Crippen LogP contribution in [0.25, 0.3) is 0 Å². The van der Waals surface area contributed by atoms with Crippen molar-refractivity contribution in [2.45, 2.75) is 32.6 Å². The summed E-state index contributed by atoms with van der Waals surface area (Å²) in [5.74, 6) is 1.57. The first kappa shape index (κ1) is 15.0. The lowest BCUT2D eigenvalue weighted by molar-refractivity contribution is 0.0733. The van der Waals surface area contributed by atoms with Crippen molar-refractivity contribution in [2.75, 3.05) is 13.2 Å². The third-order valence-corrected chi connectivity index (χ3v) is 4.04. The van der Waals surface area contributed by atoms with E-state index in [-0.39, 0.29) is 5.78 Å². The largest absolute Gasteiger partial charge is 0.381 e. The molecule has 1 aliphatic rings. The predicted octanol–water partition coefficient (Wildman–Crippen LogP) is 4.27. The van der Waals surface area contributed by atoms with Crippen LogP contribution in [-0.2, 0) is 4.74 Å². The molecule has 0 radical (unpaired) electrons. The molecule has 0 saturated heterocycles. The van der Waals surface area contributed by atoms with E-state index in [1.807, 2.05) is 30.3 Å². The minimum atomic E-state index is 0.211. The predicted molar refractivity (Wildman–Crippen MR) is 81.9 cm³/mol. The zero-order valence-electron chi connectivity index (χ0n) is 12.3. The van der Waals surface area contributed by atoms with Crippen LogP contribution in [0.4, 0.5) is 0 Å². The van der Waals surface area contributed by atoms with Crippen LogP contribution in [0.3, 0.4) is 0 Å². The first-order valence-electron chi connectivity index (χ1n) is 7.58. The Bertz CT molecular complexity index is 436. The van der Waals surface area contributed by atoms with Gasteiger partial charge in [0.25, 0.3) is 0 Å². The molecule has 0 saturated carbocycles. The standard InChI is InChI=1S/C18H24O2/c1-15-8-5-6-11-17(15)14-20-13-7-12-18(19)16-9-3-2-4-10-16/h2-6,9-10,15,17H,7-8,11-14H2,1H3. The summed E-state index contributed by atoms with van der Waals surface area (Å²) in [6.07, 6.45) is 8.20. The SMILES string of the molecule is CC1CC=CCC1COCCCC(=O)c1ccccc1. The number of ether oxygens (including phenoxy) is 1. The molecule has 0 spiro atoms. The number of carbonyl (C=O) groups excluding carboxylic acids is 1. The molecule has 2 unspecified atom stereocenters. The Balaban J connectivity index is 1.60. The average molecular weight is 272 g/mol. The van der Waals surface area contributed by atoms with Crippen molar-refractivity contribution < 1.29 is 9.53 Å². The molecular weight excluding hydrogens is 248 g/mol. The maximum atomic E-state index is 11.9. The van der Waals surface area contributed by atoms with Crippen molar-refractivity contribution in [2.24, 2.45) is 11.8 Å². The molecule has 1 aromatic rings. The summed E-state index contributed by atoms with van der Waals surface area (Å²) in [4.78, 5) is 11.9. The lowest BCUT2D eigenvalue weighted by Crippen LogP contribution is -2.20. The van der Waals surface area contributed by atoms with Gasteiger partial charge >= 0.3 is 0 Å². The van der Waals surface area contributed by atoms with Gasteiger partial charge in [0.2, 0.25) is 0 Å². The lowest BCUT2D eigenvalue weighted by atomic mass is 9.85. The van der Waals surface area contributed by atoms with Crippen molar-refractivity contribution >= 4 is 5.78 Å². The van der Waals surface area contributed by atoms with E-state index in [0.717, 1.165) is 25.0 Å². The topological polar surface area (TPSA) is 26.3 Å². The lowest BCUT2D eigenvalue weighted by Gasteiger charge is -2.24. The molecule has 0 N–H and O–H groups in total. The molecular formula is C18H24O2. The highest BCUT2D eigenvalue weighted by Crippen LogP contribution is 2.25. The summed E-state index contributed by atoms with van der Waals surface area (Å²) in [5, 5.41) is 0. The molecule has 0 heterocycles. The van der Waals surface area contributed by atoms with Crippen LogP contribution < -0.4 is 0 Å². The zero-order chi connectivity index (χ0) is 14.2. The maximum absolute atomic E-state index is 11.9. The fourth-order valence-corrected chi connectivity index (χ4v) is 2.58. The van der Waals surface area contributed by atoms with Gasteiger partial charge < -0.3 is 4.74 Å². The average Bonchev–Trinajstić information content (AvgIpc) is 2.49. The van der Waals surface area contributed by atoms with Gasteiger partial charge in [-0.25, -0.2) is 0 Å². The van der Waals surface area contributed by atoms with Crippen molar-refractivity contribution in [3.63, 3.8) is 0 Å². The van der Waals surface area contributed by atoms with Crippen molar-refractivity contribution in [3.05, 3.63) is 48.0 Å². The minimum Gasteiger partial charge on any atom is -0.381 e. The van der Waals surface area contributed by atoms with Gasteiger partial charge in [0.1, 0.15) is 0 Å². The third-order valence-electron chi connectivity index (χ3n) is 4.04. The molecule has 1 aromatic carbocycles. The number of ketones is 1. The van der Waals surface area contributed by atoms with Gasteiger partial charge in [-0.3, -0.25) is 4.79 Å². The van der Waals surface area contributed by atoms with Gasteiger partial charge in [-0.1, -0.05) is 49.4 Å². The van der Waals surface area contributed by atoms with E-state index in [0.29, 0.717) is 24.9 Å². The Labute approximate surface area is 121 Å². The number of Topliss-reactive ketones (excluding diaryl/α,β-unsaturated/α-hetero) is 1. The highest BCUT2D eigenvalue weighted by molar-refractivity contribution is 5.95. The quantitative estimate of drug-likeness (QED) is 0.421. The van der Waals surface area contributed by atoms with Crippen molar-refractivity contribution in [1.82, 2.24) is 0 Å². The van der Waals surface area contributed by atoms with Crippen LogP contribution in [-0.4, -0.2) is 19.0 Å². The Kier molecular flexibility index (Phi) is 6.00. The van der Waals surface area contributed by atoms with E-state index in [4.69, 9.17) is 4.74 Å². The van der Waals surface area contributed by atoms with Crippen LogP contribution in [0.5, 0.6) is 0 Å². The van der Waals surface area contributed by atoms with Gasteiger partial charge in [-0.2, -0.15) is 0 Å². The zero-order valence-corrected chi connectivity index (χ0v) is 12.3. The molecule has 0 bridgehead atoms. The van der Waals surface area contributed by atoms with Crippen molar-refractivity contribution in [3.8, 4) is 0 Å². The first-order valence-corrected chi connectivity index (χ1v) is 7.58. The van der Waals surface area contributed by atoms with Gasteiger partial charge in [-0.05, 0) is 31.1 Å². The van der Waals surface area contributed by atoms with Crippen LogP contribution >= 0.6 is 0 Å². The Hall–Kier alpha value is -1.41. The smallest absolute Gasteiger partial charge is 0.162 e. The summed E-state index contributed by atoms with van der Waals surface area (Å²) in [6.45, 7) is 3.80. The second kappa shape index (κ2) is 8.01. The highest BCUT2D eigenvalue weighted by Gasteiger charge is 2.18. The monoisotopic (exact) mass is 272 g/mol. The highest BCUT2D eigenvalue weighted by atomic mass is 16.5. The number of benzene rings is 1. The van der Waals surface area contributed by atoms with Crippen LogP contribution in [0, 0.1) is 11.8 Å². The molecule has 2 nitrogen and oxygen atoms in total. The van der Waals surface area contributed by atoms with E-state index in [1.165, 1.54) is 6.42 Å². The number of rotatable bonds is 7. The minimum absolute atomic E-state index is 0.211. The summed E-state index contributed by atoms with van der Waals surface area (Å²) in [7, 11) is 0. The van der Waals surface area contributed by atoms with E-state index in [9.17, 15) is 4.79 Å². The molecule has 2 rings (SSSR count). The van der Waals surface area contributed by atoms with Gasteiger partial charge in [0.15, 0.2) is 5.78 Å². The summed E-state index contributed by atoms with van der Waals surface area (Å²) < 4.78 is 5.74. The third kappa shape index (κ3) is 4.61. The molecule has 2 atom stereocenters. The Morgan fingerprint density at radius 3 is 2.70 bits per heavy atom. The summed E-state index contributed by atoms with van der Waals surface area (Å²) >= 11 is 0.